The van der Waals surface area contributed by atoms with E-state index in [0.29, 0.717) is 5.41 Å². The van der Waals surface area contributed by atoms with Gasteiger partial charge in [0, 0.05) is 0 Å². The van der Waals surface area contributed by atoms with Gasteiger partial charge in [0.05, 0.1) is 0 Å². The van der Waals surface area contributed by atoms with Crippen LogP contribution in [-0.2, 0) is 0 Å². The molecule has 0 bridgehead atoms. The molecule has 0 amide bonds. The Hall–Kier alpha value is 0. The molecule has 2 atom stereocenters. The smallest absolute Gasteiger partial charge is 0.0300 e. The minimum Gasteiger partial charge on any atom is -0.0620 e. The molecule has 1 saturated carbocycles. The van der Waals surface area contributed by atoms with Gasteiger partial charge in [0.15, 0.2) is 0 Å². The highest BCUT2D eigenvalue weighted by Gasteiger charge is 2.24. The predicted molar refractivity (Wildman–Crippen MR) is 64.2 cm³/mol. The van der Waals surface area contributed by atoms with E-state index in [1.807, 2.05) is 0 Å². The topological polar surface area (TPSA) is 0 Å². The Kier molecular flexibility index (Phi) is 4.98. The van der Waals surface area contributed by atoms with Crippen LogP contribution in [0, 0.1) is 18.3 Å². The van der Waals surface area contributed by atoms with Crippen LogP contribution in [0.4, 0.5) is 0 Å². The lowest BCUT2D eigenvalue weighted by Gasteiger charge is -2.31. The summed E-state index contributed by atoms with van der Waals surface area (Å²) in [4.78, 5) is 0. The van der Waals surface area contributed by atoms with Crippen LogP contribution in [-0.4, -0.2) is 0 Å². The van der Waals surface area contributed by atoms with Crippen molar-refractivity contribution in [2.45, 2.75) is 71.6 Å². The molecule has 1 aliphatic carbocycles. The third-order valence-electron chi connectivity index (χ3n) is 4.07. The molecule has 14 heavy (non-hydrogen) atoms. The lowest BCUT2D eigenvalue weighted by Crippen LogP contribution is -2.21. The second kappa shape index (κ2) is 5.78. The Bertz CT molecular complexity index is 146. The van der Waals surface area contributed by atoms with Crippen molar-refractivity contribution in [1.29, 1.82) is 0 Å². The monoisotopic (exact) mass is 195 g/mol. The quantitative estimate of drug-likeness (QED) is 0.511. The number of rotatable bonds is 0. The molecule has 0 heterocycles. The molecule has 0 nitrogen and oxygen atoms in total. The Balaban J connectivity index is 2.42. The van der Waals surface area contributed by atoms with Gasteiger partial charge in [0.25, 0.3) is 0 Å². The zero-order chi connectivity index (χ0) is 10.4. The van der Waals surface area contributed by atoms with Crippen molar-refractivity contribution >= 4 is 0 Å². The van der Waals surface area contributed by atoms with Crippen LogP contribution in [0.1, 0.15) is 71.6 Å². The summed E-state index contributed by atoms with van der Waals surface area (Å²) in [6.45, 7) is 9.17. The minimum absolute atomic E-state index is 0.338. The summed E-state index contributed by atoms with van der Waals surface area (Å²) in [6.07, 6.45) is 12.8. The lowest BCUT2D eigenvalue weighted by molar-refractivity contribution is 0.227. The first kappa shape index (κ1) is 12.1. The van der Waals surface area contributed by atoms with Crippen molar-refractivity contribution in [2.75, 3.05) is 0 Å². The third kappa shape index (κ3) is 4.02. The molecule has 1 radical (unpaired) electrons. The number of hydrogen-bond donors (Lipinski definition) is 0. The zero-order valence-corrected chi connectivity index (χ0v) is 10.1. The van der Waals surface area contributed by atoms with E-state index in [0.717, 1.165) is 5.92 Å². The second-order valence-electron chi connectivity index (χ2n) is 5.57. The maximum Gasteiger partial charge on any atom is -0.0300 e. The molecule has 1 aliphatic rings. The van der Waals surface area contributed by atoms with Crippen LogP contribution in [0.2, 0.25) is 0 Å². The highest BCUT2D eigenvalue weighted by Crippen LogP contribution is 2.36. The lowest BCUT2D eigenvalue weighted by atomic mass is 9.74. The van der Waals surface area contributed by atoms with Gasteiger partial charge in [0.2, 0.25) is 0 Å². The van der Waals surface area contributed by atoms with Gasteiger partial charge < -0.3 is 0 Å². The molecule has 0 aromatic carbocycles. The predicted octanol–water partition coefficient (Wildman–Crippen LogP) is 4.99. The Morgan fingerprint density at radius 3 is 2.07 bits per heavy atom. The molecule has 83 valence electrons. The molecule has 0 aromatic heterocycles. The van der Waals surface area contributed by atoms with Gasteiger partial charge >= 0.3 is 0 Å². The Morgan fingerprint density at radius 2 is 1.43 bits per heavy atom. The van der Waals surface area contributed by atoms with Gasteiger partial charge in [-0.15, -0.1) is 0 Å². The minimum atomic E-state index is 0.338. The molecule has 1 fully saturated rings. The third-order valence-corrected chi connectivity index (χ3v) is 4.07. The van der Waals surface area contributed by atoms with Crippen molar-refractivity contribution in [2.24, 2.45) is 11.3 Å². The van der Waals surface area contributed by atoms with Crippen LogP contribution >= 0.6 is 0 Å². The molecular formula is C14H27. The molecule has 0 spiro atoms. The zero-order valence-electron chi connectivity index (χ0n) is 10.1. The summed E-state index contributed by atoms with van der Waals surface area (Å²) >= 11 is 0. The molecule has 0 aliphatic heterocycles. The standard InChI is InChI=1S/C14H27/c1-13-11-9-7-5-4-6-8-10-12-14(13,2)3/h13H,2,4-12H2,1,3H3. The van der Waals surface area contributed by atoms with E-state index in [2.05, 4.69) is 20.8 Å². The van der Waals surface area contributed by atoms with Crippen LogP contribution in [0.5, 0.6) is 0 Å². The van der Waals surface area contributed by atoms with Crippen molar-refractivity contribution in [3.05, 3.63) is 6.92 Å². The molecule has 0 saturated heterocycles. The summed E-state index contributed by atoms with van der Waals surface area (Å²) in [6, 6.07) is 0. The van der Waals surface area contributed by atoms with Crippen LogP contribution in [0.15, 0.2) is 0 Å². The average Bonchev–Trinajstić information content (AvgIpc) is 2.16. The van der Waals surface area contributed by atoms with Crippen molar-refractivity contribution in [1.82, 2.24) is 0 Å². The molecule has 0 heteroatoms. The molecule has 1 rings (SSSR count). The maximum absolute atomic E-state index is 4.42. The first-order valence-corrected chi connectivity index (χ1v) is 6.48. The van der Waals surface area contributed by atoms with Crippen molar-refractivity contribution in [3.8, 4) is 0 Å². The van der Waals surface area contributed by atoms with E-state index in [1.54, 1.807) is 0 Å². The largest absolute Gasteiger partial charge is 0.0620 e. The summed E-state index contributed by atoms with van der Waals surface area (Å²) in [5.74, 6) is 0.806. The summed E-state index contributed by atoms with van der Waals surface area (Å²) in [7, 11) is 0. The van der Waals surface area contributed by atoms with E-state index in [4.69, 9.17) is 0 Å². The summed E-state index contributed by atoms with van der Waals surface area (Å²) in [5.41, 5.74) is 0.338. The van der Waals surface area contributed by atoms with Crippen molar-refractivity contribution < 1.29 is 0 Å². The number of hydrogen-bond acceptors (Lipinski definition) is 0. The van der Waals surface area contributed by atoms with Gasteiger partial charge in [0.1, 0.15) is 0 Å². The fourth-order valence-corrected chi connectivity index (χ4v) is 2.46. The fraction of sp³-hybridized carbons (Fsp3) is 0.929. The first-order chi connectivity index (χ1) is 6.63. The Morgan fingerprint density at radius 1 is 0.929 bits per heavy atom. The highest BCUT2D eigenvalue weighted by atomic mass is 14.3. The van der Waals surface area contributed by atoms with E-state index >= 15 is 0 Å². The second-order valence-corrected chi connectivity index (χ2v) is 5.57. The molecule has 0 N–H and O–H groups in total. The van der Waals surface area contributed by atoms with Gasteiger partial charge in [-0.2, -0.15) is 0 Å². The van der Waals surface area contributed by atoms with E-state index in [1.165, 1.54) is 57.8 Å². The highest BCUT2D eigenvalue weighted by molar-refractivity contribution is 4.82. The van der Waals surface area contributed by atoms with Gasteiger partial charge in [-0.3, -0.25) is 0 Å². The summed E-state index contributed by atoms with van der Waals surface area (Å²) < 4.78 is 0. The SMILES string of the molecule is [CH2]C1(C)CCCCCCCCCC1C. The molecular weight excluding hydrogens is 168 g/mol. The summed E-state index contributed by atoms with van der Waals surface area (Å²) in [5, 5.41) is 0. The van der Waals surface area contributed by atoms with Crippen LogP contribution < -0.4 is 0 Å². The van der Waals surface area contributed by atoms with E-state index < -0.39 is 0 Å². The Labute approximate surface area is 90.5 Å². The van der Waals surface area contributed by atoms with Crippen LogP contribution in [0.25, 0.3) is 0 Å². The average molecular weight is 195 g/mol. The van der Waals surface area contributed by atoms with Gasteiger partial charge in [-0.25, -0.2) is 0 Å². The van der Waals surface area contributed by atoms with E-state index in [9.17, 15) is 0 Å². The normalized spacial score (nSPS) is 30.6. The van der Waals surface area contributed by atoms with Crippen LogP contribution in [0.3, 0.4) is 0 Å². The molecule has 0 aromatic rings. The van der Waals surface area contributed by atoms with E-state index in [-0.39, 0.29) is 0 Å². The first-order valence-electron chi connectivity index (χ1n) is 6.48. The molecule has 2 unspecified atom stereocenters. The maximum atomic E-state index is 4.42. The van der Waals surface area contributed by atoms with Crippen molar-refractivity contribution in [3.63, 3.8) is 0 Å². The van der Waals surface area contributed by atoms with Gasteiger partial charge in [-0.1, -0.05) is 65.2 Å². The van der Waals surface area contributed by atoms with Gasteiger partial charge in [-0.05, 0) is 24.7 Å². The fourth-order valence-electron chi connectivity index (χ4n) is 2.46.